The molecule has 2 atom stereocenters. The lowest BCUT2D eigenvalue weighted by Gasteiger charge is -2.32. The number of hydrogen-bond acceptors (Lipinski definition) is 18. The third kappa shape index (κ3) is 47.6. The monoisotopic (exact) mass is 1230 g/mol. The molecule has 0 aliphatic carbocycles. The molecular formula is C68H126O18. The number of methoxy groups -OCH3 is 3. The van der Waals surface area contributed by atoms with Crippen LogP contribution in [0.3, 0.4) is 0 Å². The van der Waals surface area contributed by atoms with Crippen molar-refractivity contribution in [2.24, 2.45) is 0 Å². The van der Waals surface area contributed by atoms with Crippen molar-refractivity contribution in [2.75, 3.05) is 80.8 Å². The molecule has 18 nitrogen and oxygen atoms in total. The van der Waals surface area contributed by atoms with Crippen LogP contribution in [0.25, 0.3) is 0 Å². The van der Waals surface area contributed by atoms with E-state index >= 15 is 0 Å². The molecule has 0 aromatic rings. The first-order valence-corrected chi connectivity index (χ1v) is 33.4. The van der Waals surface area contributed by atoms with Gasteiger partial charge in [0.2, 0.25) is 5.60 Å². The summed E-state index contributed by atoms with van der Waals surface area (Å²) in [6, 6.07) is 0. The van der Waals surface area contributed by atoms with E-state index in [0.717, 1.165) is 44.9 Å². The van der Waals surface area contributed by atoms with Gasteiger partial charge in [0.05, 0.1) is 81.5 Å². The summed E-state index contributed by atoms with van der Waals surface area (Å²) in [4.78, 5) is 83.1. The van der Waals surface area contributed by atoms with E-state index in [9.17, 15) is 28.8 Å². The molecule has 0 spiro atoms. The van der Waals surface area contributed by atoms with Gasteiger partial charge < -0.3 is 56.8 Å². The van der Waals surface area contributed by atoms with Gasteiger partial charge in [-0.2, -0.15) is 0 Å². The van der Waals surface area contributed by atoms with Gasteiger partial charge >= 0.3 is 35.8 Å². The maximum Gasteiger partial charge on any atom is 0.351 e. The summed E-state index contributed by atoms with van der Waals surface area (Å²) in [5, 5.41) is 0. The Kier molecular flexibility index (Phi) is 48.3. The molecule has 0 rings (SSSR count). The summed E-state index contributed by atoms with van der Waals surface area (Å²) in [5.41, 5.74) is -4.94. The first-order chi connectivity index (χ1) is 40.9. The zero-order valence-corrected chi connectivity index (χ0v) is 56.8. The molecule has 0 saturated heterocycles. The van der Waals surface area contributed by atoms with Crippen molar-refractivity contribution in [1.29, 1.82) is 0 Å². The van der Waals surface area contributed by atoms with E-state index in [-0.39, 0.29) is 71.7 Å². The second-order valence-corrected chi connectivity index (χ2v) is 25.8. The molecule has 0 aliphatic rings. The topological polar surface area (TPSA) is 213 Å². The van der Waals surface area contributed by atoms with Crippen LogP contribution in [0, 0.1) is 0 Å². The largest absolute Gasteiger partial charge is 0.465 e. The number of esters is 6. The molecule has 0 aliphatic heterocycles. The third-order valence-corrected chi connectivity index (χ3v) is 15.7. The van der Waals surface area contributed by atoms with Gasteiger partial charge in [-0.25, -0.2) is 4.79 Å². The van der Waals surface area contributed by atoms with Crippen molar-refractivity contribution in [3.05, 3.63) is 0 Å². The number of carbonyl (C=O) groups excluding carboxylic acids is 6. The Morgan fingerprint density at radius 2 is 0.744 bits per heavy atom. The summed E-state index contributed by atoms with van der Waals surface area (Å²) >= 11 is 0. The Morgan fingerprint density at radius 3 is 1.17 bits per heavy atom. The van der Waals surface area contributed by atoms with E-state index in [1.807, 2.05) is 55.4 Å². The number of hydrogen-bond donors (Lipinski definition) is 0. The first-order valence-electron chi connectivity index (χ1n) is 33.4. The second kappa shape index (κ2) is 50.3. The Bertz CT molecular complexity index is 1750. The molecule has 0 aromatic carbocycles. The second-order valence-electron chi connectivity index (χ2n) is 25.8. The van der Waals surface area contributed by atoms with E-state index in [4.69, 9.17) is 56.8 Å². The van der Waals surface area contributed by atoms with Gasteiger partial charge in [-0.05, 0) is 87.5 Å². The molecule has 18 heteroatoms. The van der Waals surface area contributed by atoms with Crippen LogP contribution in [-0.2, 0) is 85.6 Å². The molecule has 0 saturated carbocycles. The highest BCUT2D eigenvalue weighted by Crippen LogP contribution is 2.29. The van der Waals surface area contributed by atoms with Crippen molar-refractivity contribution in [2.45, 2.75) is 322 Å². The van der Waals surface area contributed by atoms with Crippen LogP contribution in [0.15, 0.2) is 0 Å². The Morgan fingerprint density at radius 1 is 0.360 bits per heavy atom. The molecule has 0 aromatic heterocycles. The zero-order chi connectivity index (χ0) is 64.4. The van der Waals surface area contributed by atoms with Gasteiger partial charge in [0.1, 0.15) is 19.3 Å². The minimum atomic E-state index is -2.57. The summed E-state index contributed by atoms with van der Waals surface area (Å²) in [7, 11) is 4.78. The fraction of sp³-hybridized carbons (Fsp3) is 0.912. The van der Waals surface area contributed by atoms with Crippen LogP contribution >= 0.6 is 0 Å². The van der Waals surface area contributed by atoms with Crippen molar-refractivity contribution in [3.63, 3.8) is 0 Å². The van der Waals surface area contributed by atoms with Gasteiger partial charge in [-0.1, -0.05) is 155 Å². The van der Waals surface area contributed by atoms with Crippen molar-refractivity contribution < 1.29 is 85.6 Å². The van der Waals surface area contributed by atoms with Crippen LogP contribution in [0.4, 0.5) is 0 Å². The molecule has 506 valence electrons. The zero-order valence-electron chi connectivity index (χ0n) is 56.8. The first kappa shape index (κ1) is 82.6. The average Bonchev–Trinajstić information content (AvgIpc) is 1.37. The predicted octanol–water partition coefficient (Wildman–Crippen LogP) is 14.8. The number of ether oxygens (including phenoxy) is 12. The lowest BCUT2D eigenvalue weighted by molar-refractivity contribution is -0.193. The Labute approximate surface area is 522 Å². The van der Waals surface area contributed by atoms with Gasteiger partial charge in [0.25, 0.3) is 0 Å². The molecular weight excluding hydrogens is 1100 g/mol. The molecule has 0 amide bonds. The molecule has 0 radical (unpaired) electrons. The Balaban J connectivity index is 6.53. The van der Waals surface area contributed by atoms with E-state index in [2.05, 4.69) is 13.8 Å². The lowest BCUT2D eigenvalue weighted by atomic mass is 9.94. The highest BCUT2D eigenvalue weighted by atomic mass is 16.6. The molecule has 0 N–H and O–H groups in total. The summed E-state index contributed by atoms with van der Waals surface area (Å²) in [6.45, 7) is 20.0. The van der Waals surface area contributed by atoms with E-state index < -0.39 is 89.2 Å². The quantitative estimate of drug-likeness (QED) is 0.0314. The van der Waals surface area contributed by atoms with E-state index in [1.165, 1.54) is 103 Å². The van der Waals surface area contributed by atoms with Crippen LogP contribution < -0.4 is 0 Å². The molecule has 0 bridgehead atoms. The van der Waals surface area contributed by atoms with Gasteiger partial charge in [0, 0.05) is 53.4 Å². The highest BCUT2D eigenvalue weighted by molar-refractivity contribution is 5.92. The minimum absolute atomic E-state index is 0.00477. The van der Waals surface area contributed by atoms with Gasteiger partial charge in [-0.15, -0.1) is 0 Å². The van der Waals surface area contributed by atoms with Gasteiger partial charge in [0.15, 0.2) is 0 Å². The molecule has 2 unspecified atom stereocenters. The normalized spacial score (nSPS) is 13.2. The van der Waals surface area contributed by atoms with E-state index in [1.54, 1.807) is 14.2 Å². The molecule has 0 fully saturated rings. The summed E-state index contributed by atoms with van der Waals surface area (Å²) < 4.78 is 68.3. The average molecular weight is 1230 g/mol. The predicted molar refractivity (Wildman–Crippen MR) is 336 cm³/mol. The Hall–Kier alpha value is -3.42. The minimum Gasteiger partial charge on any atom is -0.465 e. The smallest absolute Gasteiger partial charge is 0.351 e. The molecule has 0 heterocycles. The SMILES string of the molecule is CCCCCCCCCCCCCCC(=O)OCC(CCC(=O)OC(CC(=O)OCCOCCOC)(CC(=O)OCCC(C)(C)OCCC(C)(C)OC)C(=O)OCCC(C)(C)OCCC(C)(C)OC)OC(=O)CCCCCCCCCCCCCC. The van der Waals surface area contributed by atoms with Crippen molar-refractivity contribution >= 4 is 35.8 Å². The molecule has 86 heavy (non-hydrogen) atoms. The summed E-state index contributed by atoms with van der Waals surface area (Å²) in [6.07, 6.45) is 25.9. The maximum absolute atomic E-state index is 14.6. The lowest BCUT2D eigenvalue weighted by Crippen LogP contribution is -2.49. The fourth-order valence-electron chi connectivity index (χ4n) is 9.22. The standard InChI is InChI=1S/C68H126O18/c1-14-16-18-20-22-24-26-28-30-32-34-36-38-58(69)82-56-57(85-59(70)39-37-35-33-31-29-27-25-23-21-19-17-15-2)40-41-60(71)86-68(55-62(73)80-53-52-78-51-50-75-11,63(74)81-47-43-67(9,10)84-49-45-65(5,6)77-13)54-61(72)79-46-42-66(7,8)83-48-44-64(3,4)76-12/h57H,14-56H2,1-13H3. The maximum atomic E-state index is 14.6. The van der Waals surface area contributed by atoms with Crippen molar-refractivity contribution in [1.82, 2.24) is 0 Å². The van der Waals surface area contributed by atoms with Crippen LogP contribution in [0.1, 0.15) is 288 Å². The number of unbranched alkanes of at least 4 members (excludes halogenated alkanes) is 22. The van der Waals surface area contributed by atoms with Crippen LogP contribution in [0.5, 0.6) is 0 Å². The highest BCUT2D eigenvalue weighted by Gasteiger charge is 2.49. The van der Waals surface area contributed by atoms with Crippen LogP contribution in [0.2, 0.25) is 0 Å². The third-order valence-electron chi connectivity index (χ3n) is 15.7. The van der Waals surface area contributed by atoms with Gasteiger partial charge in [-0.3, -0.25) is 24.0 Å². The van der Waals surface area contributed by atoms with Crippen molar-refractivity contribution in [3.8, 4) is 0 Å². The van der Waals surface area contributed by atoms with E-state index in [0.29, 0.717) is 45.5 Å². The number of rotatable bonds is 60. The number of carbonyl (C=O) groups is 6. The van der Waals surface area contributed by atoms with Crippen LogP contribution in [-0.4, -0.2) is 151 Å². The summed E-state index contributed by atoms with van der Waals surface area (Å²) in [5.74, 6) is -5.09. The fourth-order valence-corrected chi connectivity index (χ4v) is 9.22.